The Balaban J connectivity index is 3.19. The Morgan fingerprint density at radius 3 is 2.89 bits per heavy atom. The van der Waals surface area contributed by atoms with E-state index in [0.717, 1.165) is 12.3 Å². The lowest BCUT2D eigenvalue weighted by atomic mass is 10.2. The Bertz CT molecular complexity index is 541. The van der Waals surface area contributed by atoms with Gasteiger partial charge in [-0.15, -0.1) is 0 Å². The van der Waals surface area contributed by atoms with Gasteiger partial charge in [0.05, 0.1) is 11.0 Å². The second-order valence-corrected chi connectivity index (χ2v) is 4.05. The van der Waals surface area contributed by atoms with Crippen molar-refractivity contribution >= 4 is 23.2 Å². The second-order valence-electron chi connectivity index (χ2n) is 3.67. The van der Waals surface area contributed by atoms with Gasteiger partial charge in [0.15, 0.2) is 0 Å². The highest BCUT2D eigenvalue weighted by Gasteiger charge is 2.25. The molecule has 0 radical (unpaired) electrons. The van der Waals surface area contributed by atoms with Gasteiger partial charge in [-0.3, -0.25) is 14.9 Å². The number of hydrogen-bond acceptors (Lipinski definition) is 5. The van der Waals surface area contributed by atoms with Gasteiger partial charge in [-0.2, -0.15) is 5.26 Å². The van der Waals surface area contributed by atoms with Gasteiger partial charge in [0.1, 0.15) is 23.5 Å². The summed E-state index contributed by atoms with van der Waals surface area (Å²) in [5.41, 5.74) is -0.581. The molecule has 0 saturated carbocycles. The van der Waals surface area contributed by atoms with E-state index in [0.29, 0.717) is 13.0 Å². The summed E-state index contributed by atoms with van der Waals surface area (Å²) in [6.45, 7) is 2.04. The number of amides is 1. The van der Waals surface area contributed by atoms with E-state index in [-0.39, 0.29) is 17.3 Å². The predicted molar refractivity (Wildman–Crippen MR) is 67.7 cm³/mol. The Kier molecular flexibility index (Phi) is 5.21. The number of nitro groups is 1. The zero-order chi connectivity index (χ0) is 14.4. The zero-order valence-corrected chi connectivity index (χ0v) is 10.9. The van der Waals surface area contributed by atoms with Crippen molar-refractivity contribution in [3.05, 3.63) is 33.1 Å². The van der Waals surface area contributed by atoms with Crippen LogP contribution < -0.4 is 0 Å². The molecule has 0 saturated heterocycles. The SMILES string of the molecule is CCCN(CC#N)C(=O)c1cc(Cl)ncc1[N+](=O)[O-]. The lowest BCUT2D eigenvalue weighted by Gasteiger charge is -2.18. The van der Waals surface area contributed by atoms with E-state index in [1.54, 1.807) is 0 Å². The quantitative estimate of drug-likeness (QED) is 0.356. The number of carbonyl (C=O) groups is 1. The van der Waals surface area contributed by atoms with Gasteiger partial charge in [0, 0.05) is 6.54 Å². The summed E-state index contributed by atoms with van der Waals surface area (Å²) in [6.07, 6.45) is 1.58. The Morgan fingerprint density at radius 2 is 2.37 bits per heavy atom. The van der Waals surface area contributed by atoms with Crippen molar-refractivity contribution in [2.24, 2.45) is 0 Å². The monoisotopic (exact) mass is 282 g/mol. The average molecular weight is 283 g/mol. The molecule has 0 spiro atoms. The molecular weight excluding hydrogens is 272 g/mol. The molecule has 1 aromatic heterocycles. The predicted octanol–water partition coefficient (Wildman–Crippen LogP) is 2.02. The summed E-state index contributed by atoms with van der Waals surface area (Å²) < 4.78 is 0. The third kappa shape index (κ3) is 3.63. The van der Waals surface area contributed by atoms with Crippen LogP contribution in [0.25, 0.3) is 0 Å². The van der Waals surface area contributed by atoms with E-state index in [9.17, 15) is 14.9 Å². The number of nitriles is 1. The average Bonchev–Trinajstić information content (AvgIpc) is 2.37. The van der Waals surface area contributed by atoms with Crippen molar-refractivity contribution in [1.82, 2.24) is 9.88 Å². The molecule has 1 aromatic rings. The minimum atomic E-state index is -0.701. The second kappa shape index (κ2) is 6.66. The Labute approximate surface area is 114 Å². The first-order valence-electron chi connectivity index (χ1n) is 5.47. The summed E-state index contributed by atoms with van der Waals surface area (Å²) in [6, 6.07) is 2.99. The molecule has 0 aliphatic rings. The van der Waals surface area contributed by atoms with Gasteiger partial charge in [-0.25, -0.2) is 4.98 Å². The van der Waals surface area contributed by atoms with Gasteiger partial charge in [-0.1, -0.05) is 18.5 Å². The van der Waals surface area contributed by atoms with Crippen LogP contribution in [0.2, 0.25) is 5.15 Å². The van der Waals surface area contributed by atoms with E-state index < -0.39 is 16.5 Å². The number of rotatable bonds is 5. The van der Waals surface area contributed by atoms with Crippen LogP contribution in [0.15, 0.2) is 12.3 Å². The van der Waals surface area contributed by atoms with Gasteiger partial charge in [0.25, 0.3) is 11.6 Å². The molecule has 0 atom stereocenters. The molecule has 1 rings (SSSR count). The molecule has 7 nitrogen and oxygen atoms in total. The molecule has 19 heavy (non-hydrogen) atoms. The maximum Gasteiger partial charge on any atom is 0.300 e. The normalized spacial score (nSPS) is 9.74. The standard InChI is InChI=1S/C11H11ClN4O3/c1-2-4-15(5-3-13)11(17)8-6-10(12)14-7-9(8)16(18)19/h6-7H,2,4-5H2,1H3. The molecule has 0 N–H and O–H groups in total. The smallest absolute Gasteiger partial charge is 0.300 e. The number of halogens is 1. The highest BCUT2D eigenvalue weighted by atomic mass is 35.5. The van der Waals surface area contributed by atoms with Crippen molar-refractivity contribution in [2.45, 2.75) is 13.3 Å². The lowest BCUT2D eigenvalue weighted by molar-refractivity contribution is -0.385. The Morgan fingerprint density at radius 1 is 1.68 bits per heavy atom. The van der Waals surface area contributed by atoms with E-state index >= 15 is 0 Å². The maximum absolute atomic E-state index is 12.2. The maximum atomic E-state index is 12.2. The van der Waals surface area contributed by atoms with E-state index in [2.05, 4.69) is 4.98 Å². The fraction of sp³-hybridized carbons (Fsp3) is 0.364. The summed E-state index contributed by atoms with van der Waals surface area (Å²) >= 11 is 5.65. The first-order chi connectivity index (χ1) is 9.01. The van der Waals surface area contributed by atoms with Crippen LogP contribution >= 0.6 is 11.6 Å². The van der Waals surface area contributed by atoms with Crippen molar-refractivity contribution in [3.8, 4) is 6.07 Å². The van der Waals surface area contributed by atoms with Crippen molar-refractivity contribution in [3.63, 3.8) is 0 Å². The van der Waals surface area contributed by atoms with E-state index in [4.69, 9.17) is 16.9 Å². The highest BCUT2D eigenvalue weighted by Crippen LogP contribution is 2.22. The summed E-state index contributed by atoms with van der Waals surface area (Å²) in [5.74, 6) is -0.598. The largest absolute Gasteiger partial charge is 0.325 e. The fourth-order valence-corrected chi connectivity index (χ4v) is 1.68. The van der Waals surface area contributed by atoms with Crippen LogP contribution in [-0.2, 0) is 0 Å². The first kappa shape index (κ1) is 14.9. The molecule has 0 unspecified atom stereocenters. The van der Waals surface area contributed by atoms with Crippen LogP contribution in [-0.4, -0.2) is 33.8 Å². The van der Waals surface area contributed by atoms with Crippen LogP contribution in [0.1, 0.15) is 23.7 Å². The van der Waals surface area contributed by atoms with E-state index in [1.165, 1.54) is 4.90 Å². The fourth-order valence-electron chi connectivity index (χ4n) is 1.52. The number of pyridine rings is 1. The third-order valence-electron chi connectivity index (χ3n) is 2.32. The van der Waals surface area contributed by atoms with Crippen LogP contribution in [0.3, 0.4) is 0 Å². The van der Waals surface area contributed by atoms with Crippen molar-refractivity contribution < 1.29 is 9.72 Å². The van der Waals surface area contributed by atoms with Crippen LogP contribution in [0.5, 0.6) is 0 Å². The molecule has 0 fully saturated rings. The van der Waals surface area contributed by atoms with Gasteiger partial charge in [0.2, 0.25) is 0 Å². The first-order valence-corrected chi connectivity index (χ1v) is 5.85. The third-order valence-corrected chi connectivity index (χ3v) is 2.53. The minimum absolute atomic E-state index is 0.0117. The Hall–Kier alpha value is -2.20. The topological polar surface area (TPSA) is 100 Å². The molecule has 0 bridgehead atoms. The van der Waals surface area contributed by atoms with Gasteiger partial charge in [-0.05, 0) is 12.5 Å². The lowest BCUT2D eigenvalue weighted by Crippen LogP contribution is -2.32. The number of hydrogen-bond donors (Lipinski definition) is 0. The molecule has 1 heterocycles. The van der Waals surface area contributed by atoms with Gasteiger partial charge < -0.3 is 4.90 Å². The van der Waals surface area contributed by atoms with Crippen molar-refractivity contribution in [1.29, 1.82) is 5.26 Å². The number of aromatic nitrogens is 1. The van der Waals surface area contributed by atoms with E-state index in [1.807, 2.05) is 13.0 Å². The molecule has 1 amide bonds. The number of carbonyl (C=O) groups excluding carboxylic acids is 1. The summed E-state index contributed by atoms with van der Waals surface area (Å²) in [5, 5.41) is 19.5. The van der Waals surface area contributed by atoms with Crippen LogP contribution in [0, 0.1) is 21.4 Å². The summed E-state index contributed by atoms with van der Waals surface area (Å²) in [7, 11) is 0. The molecule has 0 aliphatic heterocycles. The molecule has 0 aromatic carbocycles. The number of nitrogens with zero attached hydrogens (tertiary/aromatic N) is 4. The molecule has 8 heteroatoms. The van der Waals surface area contributed by atoms with Crippen molar-refractivity contribution in [2.75, 3.05) is 13.1 Å². The molecule has 100 valence electrons. The van der Waals surface area contributed by atoms with Gasteiger partial charge >= 0.3 is 0 Å². The molecular formula is C11H11ClN4O3. The highest BCUT2D eigenvalue weighted by molar-refractivity contribution is 6.29. The zero-order valence-electron chi connectivity index (χ0n) is 10.2. The van der Waals surface area contributed by atoms with Crippen LogP contribution in [0.4, 0.5) is 5.69 Å². The minimum Gasteiger partial charge on any atom is -0.325 e. The molecule has 0 aliphatic carbocycles. The summed E-state index contributed by atoms with van der Waals surface area (Å²) in [4.78, 5) is 27.2.